The quantitative estimate of drug-likeness (QED) is 0.802. The van der Waals surface area contributed by atoms with Gasteiger partial charge in [-0.1, -0.05) is 12.1 Å². The SMILES string of the molecule is CC(=O)c1cc(C(=O)N2CCC3(CC2)CC(=O)N(Cc2cccc(F)c2)C3)[nH]n1. The Morgan fingerprint density at radius 1 is 1.24 bits per heavy atom. The van der Waals surface area contributed by atoms with Crippen molar-refractivity contribution in [2.75, 3.05) is 19.6 Å². The first-order valence-electron chi connectivity index (χ1n) is 9.73. The highest BCUT2D eigenvalue weighted by atomic mass is 19.1. The molecule has 2 fully saturated rings. The fourth-order valence-corrected chi connectivity index (χ4v) is 4.28. The maximum Gasteiger partial charge on any atom is 0.271 e. The molecule has 1 spiro atoms. The van der Waals surface area contributed by atoms with E-state index in [9.17, 15) is 18.8 Å². The van der Waals surface area contributed by atoms with Crippen LogP contribution in [0.3, 0.4) is 0 Å². The highest BCUT2D eigenvalue weighted by Crippen LogP contribution is 2.41. The molecule has 0 radical (unpaired) electrons. The molecule has 2 aliphatic heterocycles. The Hall–Kier alpha value is -3.03. The lowest BCUT2D eigenvalue weighted by molar-refractivity contribution is -0.128. The van der Waals surface area contributed by atoms with E-state index in [0.29, 0.717) is 38.3 Å². The van der Waals surface area contributed by atoms with Crippen LogP contribution < -0.4 is 0 Å². The van der Waals surface area contributed by atoms with Gasteiger partial charge in [-0.3, -0.25) is 19.5 Å². The van der Waals surface area contributed by atoms with Crippen LogP contribution in [0.1, 0.15) is 52.7 Å². The first-order chi connectivity index (χ1) is 13.8. The third kappa shape index (κ3) is 3.92. The number of amides is 2. The number of carbonyl (C=O) groups is 3. The van der Waals surface area contributed by atoms with E-state index in [0.717, 1.165) is 18.4 Å². The molecule has 0 aliphatic carbocycles. The zero-order chi connectivity index (χ0) is 20.6. The molecular formula is C21H23FN4O3. The predicted octanol–water partition coefficient (Wildman–Crippen LogP) is 2.41. The summed E-state index contributed by atoms with van der Waals surface area (Å²) in [6.07, 6.45) is 1.93. The third-order valence-electron chi connectivity index (χ3n) is 5.95. The van der Waals surface area contributed by atoms with Gasteiger partial charge in [0.05, 0.1) is 0 Å². The number of nitrogens with zero attached hydrogens (tertiary/aromatic N) is 3. The van der Waals surface area contributed by atoms with Crippen molar-refractivity contribution < 1.29 is 18.8 Å². The van der Waals surface area contributed by atoms with Crippen LogP contribution >= 0.6 is 0 Å². The minimum absolute atomic E-state index is 0.0775. The van der Waals surface area contributed by atoms with Crippen LogP contribution in [0.2, 0.25) is 0 Å². The van der Waals surface area contributed by atoms with Crippen molar-refractivity contribution in [3.63, 3.8) is 0 Å². The van der Waals surface area contributed by atoms with Gasteiger partial charge in [0.15, 0.2) is 5.78 Å². The van der Waals surface area contributed by atoms with Gasteiger partial charge in [-0.25, -0.2) is 4.39 Å². The molecule has 7 nitrogen and oxygen atoms in total. The summed E-state index contributed by atoms with van der Waals surface area (Å²) in [6.45, 7) is 3.54. The average Bonchev–Trinajstić information content (AvgIpc) is 3.28. The van der Waals surface area contributed by atoms with Gasteiger partial charge >= 0.3 is 0 Å². The molecule has 152 valence electrons. The van der Waals surface area contributed by atoms with Crippen LogP contribution in [-0.2, 0) is 11.3 Å². The molecule has 0 unspecified atom stereocenters. The Morgan fingerprint density at radius 2 is 2.00 bits per heavy atom. The summed E-state index contributed by atoms with van der Waals surface area (Å²) < 4.78 is 13.4. The van der Waals surface area contributed by atoms with Gasteiger partial charge in [-0.05, 0) is 36.6 Å². The standard InChI is InChI=1S/C21H23FN4O3/c1-14(27)17-10-18(24-23-17)20(29)25-7-5-21(6-8-25)11-19(28)26(13-21)12-15-3-2-4-16(22)9-15/h2-4,9-10H,5-8,11-13H2,1H3,(H,23,24). The van der Waals surface area contributed by atoms with E-state index in [1.165, 1.54) is 25.1 Å². The lowest BCUT2D eigenvalue weighted by Crippen LogP contribution is -2.44. The van der Waals surface area contributed by atoms with Crippen LogP contribution in [0.25, 0.3) is 0 Å². The summed E-state index contributed by atoms with van der Waals surface area (Å²) in [5, 5.41) is 6.50. The molecule has 0 bridgehead atoms. The van der Waals surface area contributed by atoms with E-state index in [-0.39, 0.29) is 34.5 Å². The molecule has 2 aromatic rings. The summed E-state index contributed by atoms with van der Waals surface area (Å²) in [5.41, 5.74) is 1.20. The molecule has 1 aromatic carbocycles. The molecule has 1 aromatic heterocycles. The van der Waals surface area contributed by atoms with Crippen LogP contribution in [-0.4, -0.2) is 57.2 Å². The van der Waals surface area contributed by atoms with Gasteiger partial charge in [-0.15, -0.1) is 0 Å². The maximum absolute atomic E-state index is 13.4. The van der Waals surface area contributed by atoms with Crippen molar-refractivity contribution in [2.24, 2.45) is 5.41 Å². The number of nitrogens with one attached hydrogen (secondary N) is 1. The van der Waals surface area contributed by atoms with E-state index >= 15 is 0 Å². The van der Waals surface area contributed by atoms with Gasteiger partial charge in [0.1, 0.15) is 17.2 Å². The molecule has 8 heteroatoms. The number of aromatic nitrogens is 2. The Balaban J connectivity index is 1.37. The molecule has 4 rings (SSSR count). The third-order valence-corrected chi connectivity index (χ3v) is 5.95. The highest BCUT2D eigenvalue weighted by Gasteiger charge is 2.45. The summed E-state index contributed by atoms with van der Waals surface area (Å²) in [7, 11) is 0. The summed E-state index contributed by atoms with van der Waals surface area (Å²) in [6, 6.07) is 7.80. The smallest absolute Gasteiger partial charge is 0.271 e. The van der Waals surface area contributed by atoms with Crippen LogP contribution in [0, 0.1) is 11.2 Å². The van der Waals surface area contributed by atoms with Crippen molar-refractivity contribution in [1.82, 2.24) is 20.0 Å². The molecule has 1 N–H and O–H groups in total. The summed E-state index contributed by atoms with van der Waals surface area (Å²) >= 11 is 0. The molecule has 0 saturated carbocycles. The van der Waals surface area contributed by atoms with Gasteiger partial charge in [0.2, 0.25) is 5.91 Å². The topological polar surface area (TPSA) is 86.4 Å². The summed E-state index contributed by atoms with van der Waals surface area (Å²) in [4.78, 5) is 40.1. The van der Waals surface area contributed by atoms with E-state index in [2.05, 4.69) is 10.2 Å². The van der Waals surface area contributed by atoms with Gasteiger partial charge in [0, 0.05) is 44.9 Å². The number of H-pyrrole nitrogens is 1. The van der Waals surface area contributed by atoms with Gasteiger partial charge in [-0.2, -0.15) is 5.10 Å². The fraction of sp³-hybridized carbons (Fsp3) is 0.429. The zero-order valence-corrected chi connectivity index (χ0v) is 16.3. The van der Waals surface area contributed by atoms with Crippen LogP contribution in [0.15, 0.2) is 30.3 Å². The fourth-order valence-electron chi connectivity index (χ4n) is 4.28. The minimum atomic E-state index is -0.303. The van der Waals surface area contributed by atoms with Crippen molar-refractivity contribution in [1.29, 1.82) is 0 Å². The maximum atomic E-state index is 13.4. The van der Waals surface area contributed by atoms with Crippen molar-refractivity contribution in [2.45, 2.75) is 32.7 Å². The molecule has 2 saturated heterocycles. The minimum Gasteiger partial charge on any atom is -0.338 e. The summed E-state index contributed by atoms with van der Waals surface area (Å²) in [5.74, 6) is -0.599. The second-order valence-corrected chi connectivity index (χ2v) is 8.07. The number of hydrogen-bond acceptors (Lipinski definition) is 4. The number of halogens is 1. The number of carbonyl (C=O) groups excluding carboxylic acids is 3. The van der Waals surface area contributed by atoms with Crippen molar-refractivity contribution in [3.05, 3.63) is 53.1 Å². The van der Waals surface area contributed by atoms with Gasteiger partial charge in [0.25, 0.3) is 5.91 Å². The first-order valence-corrected chi connectivity index (χ1v) is 9.73. The monoisotopic (exact) mass is 398 g/mol. The van der Waals surface area contributed by atoms with E-state index < -0.39 is 0 Å². The lowest BCUT2D eigenvalue weighted by atomic mass is 9.77. The number of aromatic amines is 1. The van der Waals surface area contributed by atoms with Crippen LogP contribution in [0.4, 0.5) is 4.39 Å². The van der Waals surface area contributed by atoms with Crippen molar-refractivity contribution in [3.8, 4) is 0 Å². The number of Topliss-reactive ketones (excluding diaryl/α,β-unsaturated/α-hetero) is 1. The molecule has 29 heavy (non-hydrogen) atoms. The largest absolute Gasteiger partial charge is 0.338 e. The predicted molar refractivity (Wildman–Crippen MR) is 103 cm³/mol. The Labute approximate surface area is 167 Å². The normalized spacial score (nSPS) is 18.5. The number of hydrogen-bond donors (Lipinski definition) is 1. The number of rotatable bonds is 4. The van der Waals surface area contributed by atoms with Crippen LogP contribution in [0.5, 0.6) is 0 Å². The van der Waals surface area contributed by atoms with E-state index in [4.69, 9.17) is 0 Å². The Kier molecular flexibility index (Phi) is 4.94. The second-order valence-electron chi connectivity index (χ2n) is 8.07. The van der Waals surface area contributed by atoms with Gasteiger partial charge < -0.3 is 9.80 Å². The van der Waals surface area contributed by atoms with E-state index in [1.807, 2.05) is 6.07 Å². The molecule has 2 amide bonds. The Morgan fingerprint density at radius 3 is 2.66 bits per heavy atom. The molecule has 2 aliphatic rings. The lowest BCUT2D eigenvalue weighted by Gasteiger charge is -2.38. The highest BCUT2D eigenvalue weighted by molar-refractivity contribution is 5.97. The number of ketones is 1. The Bertz CT molecular complexity index is 962. The number of likely N-dealkylation sites (tertiary alicyclic amines) is 2. The van der Waals surface area contributed by atoms with Crippen molar-refractivity contribution >= 4 is 17.6 Å². The number of piperidine rings is 1. The molecular weight excluding hydrogens is 375 g/mol. The molecule has 0 atom stereocenters. The number of benzene rings is 1. The first kappa shape index (κ1) is 19.3. The van der Waals surface area contributed by atoms with E-state index in [1.54, 1.807) is 15.9 Å². The average molecular weight is 398 g/mol. The zero-order valence-electron chi connectivity index (χ0n) is 16.3. The second kappa shape index (κ2) is 7.42. The molecule has 3 heterocycles.